The predicted octanol–water partition coefficient (Wildman–Crippen LogP) is 3.87. The molecule has 0 spiro atoms. The summed E-state index contributed by atoms with van der Waals surface area (Å²) in [6.07, 6.45) is 0. The van der Waals surface area contributed by atoms with E-state index in [4.69, 9.17) is 11.6 Å². The van der Waals surface area contributed by atoms with Gasteiger partial charge in [-0.05, 0) is 36.8 Å². The Kier molecular flexibility index (Phi) is 3.37. The summed E-state index contributed by atoms with van der Waals surface area (Å²) in [5, 5.41) is 10.9. The Labute approximate surface area is 109 Å². The summed E-state index contributed by atoms with van der Waals surface area (Å²) in [5.41, 5.74) is -1.12. The molecule has 0 aliphatic rings. The number of halogens is 3. The lowest BCUT2D eigenvalue weighted by atomic mass is 9.88. The van der Waals surface area contributed by atoms with Crippen LogP contribution < -0.4 is 0 Å². The maximum absolute atomic E-state index is 13.7. The Bertz CT molecular complexity index is 582. The van der Waals surface area contributed by atoms with Gasteiger partial charge < -0.3 is 5.11 Å². The van der Waals surface area contributed by atoms with Crippen molar-refractivity contribution in [2.75, 3.05) is 0 Å². The van der Waals surface area contributed by atoms with Gasteiger partial charge in [-0.2, -0.15) is 0 Å². The lowest BCUT2D eigenvalue weighted by Crippen LogP contribution is -2.24. The fourth-order valence-corrected chi connectivity index (χ4v) is 2.02. The van der Waals surface area contributed by atoms with Crippen LogP contribution in [0.5, 0.6) is 0 Å². The molecule has 0 radical (unpaired) electrons. The summed E-state index contributed by atoms with van der Waals surface area (Å²) in [6.45, 7) is 1.44. The maximum atomic E-state index is 13.7. The molecule has 0 aromatic heterocycles. The highest BCUT2D eigenvalue weighted by atomic mass is 35.5. The Balaban J connectivity index is 2.53. The Morgan fingerprint density at radius 1 is 1.11 bits per heavy atom. The first-order chi connectivity index (χ1) is 8.41. The van der Waals surface area contributed by atoms with Gasteiger partial charge in [0.05, 0.1) is 0 Å². The normalized spacial score (nSPS) is 14.3. The van der Waals surface area contributed by atoms with Gasteiger partial charge in [0, 0.05) is 16.7 Å². The van der Waals surface area contributed by atoms with Crippen LogP contribution in [-0.4, -0.2) is 5.11 Å². The minimum atomic E-state index is -1.57. The van der Waals surface area contributed by atoms with Crippen LogP contribution in [0.25, 0.3) is 0 Å². The lowest BCUT2D eigenvalue weighted by Gasteiger charge is -2.25. The van der Waals surface area contributed by atoms with Crippen LogP contribution in [0.4, 0.5) is 8.78 Å². The average Bonchev–Trinajstić information content (AvgIpc) is 2.28. The van der Waals surface area contributed by atoms with Crippen LogP contribution in [0.15, 0.2) is 42.5 Å². The minimum Gasteiger partial charge on any atom is -0.381 e. The van der Waals surface area contributed by atoms with Crippen LogP contribution in [0, 0.1) is 11.6 Å². The van der Waals surface area contributed by atoms with E-state index in [1.807, 2.05) is 0 Å². The maximum Gasteiger partial charge on any atom is 0.132 e. The number of hydrogen-bond donors (Lipinski definition) is 1. The summed E-state index contributed by atoms with van der Waals surface area (Å²) in [6, 6.07) is 9.58. The zero-order valence-electron chi connectivity index (χ0n) is 9.62. The highest BCUT2D eigenvalue weighted by molar-refractivity contribution is 6.30. The van der Waals surface area contributed by atoms with E-state index >= 15 is 0 Å². The van der Waals surface area contributed by atoms with Gasteiger partial charge in [-0.15, -0.1) is 0 Å². The molecule has 1 nitrogen and oxygen atoms in total. The molecule has 2 aromatic carbocycles. The van der Waals surface area contributed by atoms with Gasteiger partial charge in [-0.25, -0.2) is 8.78 Å². The molecule has 0 saturated heterocycles. The summed E-state index contributed by atoms with van der Waals surface area (Å²) in [4.78, 5) is 0. The predicted molar refractivity (Wildman–Crippen MR) is 66.5 cm³/mol. The largest absolute Gasteiger partial charge is 0.381 e. The van der Waals surface area contributed by atoms with Crippen molar-refractivity contribution >= 4 is 11.6 Å². The first-order valence-electron chi connectivity index (χ1n) is 5.35. The molecule has 0 fully saturated rings. The van der Waals surface area contributed by atoms with E-state index in [-0.39, 0.29) is 5.56 Å². The molecule has 18 heavy (non-hydrogen) atoms. The third-order valence-corrected chi connectivity index (χ3v) is 3.08. The fraction of sp³-hybridized carbons (Fsp3) is 0.143. The van der Waals surface area contributed by atoms with Crippen molar-refractivity contribution < 1.29 is 13.9 Å². The zero-order valence-corrected chi connectivity index (χ0v) is 10.4. The smallest absolute Gasteiger partial charge is 0.132 e. The van der Waals surface area contributed by atoms with Gasteiger partial charge in [0.25, 0.3) is 0 Å². The summed E-state index contributed by atoms with van der Waals surface area (Å²) in [7, 11) is 0. The molecule has 2 rings (SSSR count). The van der Waals surface area contributed by atoms with E-state index < -0.39 is 17.2 Å². The van der Waals surface area contributed by atoms with Crippen molar-refractivity contribution in [1.29, 1.82) is 0 Å². The quantitative estimate of drug-likeness (QED) is 0.876. The van der Waals surface area contributed by atoms with Gasteiger partial charge >= 0.3 is 0 Å². The van der Waals surface area contributed by atoms with E-state index in [1.54, 1.807) is 24.3 Å². The lowest BCUT2D eigenvalue weighted by molar-refractivity contribution is 0.0978. The van der Waals surface area contributed by atoms with Crippen molar-refractivity contribution in [2.24, 2.45) is 0 Å². The highest BCUT2D eigenvalue weighted by Gasteiger charge is 2.29. The molecule has 94 valence electrons. The van der Waals surface area contributed by atoms with Gasteiger partial charge in [0.2, 0.25) is 0 Å². The van der Waals surface area contributed by atoms with Gasteiger partial charge in [-0.1, -0.05) is 23.7 Å². The second kappa shape index (κ2) is 4.67. The topological polar surface area (TPSA) is 20.2 Å². The SMILES string of the molecule is CC(O)(c1cccc(Cl)c1)c1ccc(F)cc1F. The summed E-state index contributed by atoms with van der Waals surface area (Å²) in [5.74, 6) is -1.47. The monoisotopic (exact) mass is 268 g/mol. The first-order valence-corrected chi connectivity index (χ1v) is 5.73. The van der Waals surface area contributed by atoms with Crippen LogP contribution in [0.3, 0.4) is 0 Å². The third-order valence-electron chi connectivity index (χ3n) is 2.84. The van der Waals surface area contributed by atoms with Gasteiger partial charge in [-0.3, -0.25) is 0 Å². The van der Waals surface area contributed by atoms with E-state index in [1.165, 1.54) is 13.0 Å². The van der Waals surface area contributed by atoms with Crippen molar-refractivity contribution in [3.05, 3.63) is 70.2 Å². The van der Waals surface area contributed by atoms with E-state index in [0.29, 0.717) is 10.6 Å². The van der Waals surface area contributed by atoms with Crippen molar-refractivity contribution in [3.63, 3.8) is 0 Å². The second-order valence-electron chi connectivity index (χ2n) is 4.21. The molecule has 0 bridgehead atoms. The van der Waals surface area contributed by atoms with Crippen LogP contribution in [-0.2, 0) is 5.60 Å². The number of hydrogen-bond acceptors (Lipinski definition) is 1. The second-order valence-corrected chi connectivity index (χ2v) is 4.64. The van der Waals surface area contributed by atoms with Gasteiger partial charge in [0.15, 0.2) is 0 Å². The Morgan fingerprint density at radius 2 is 1.83 bits per heavy atom. The van der Waals surface area contributed by atoms with Crippen molar-refractivity contribution in [2.45, 2.75) is 12.5 Å². The molecule has 1 unspecified atom stereocenters. The van der Waals surface area contributed by atoms with Crippen LogP contribution in [0.2, 0.25) is 5.02 Å². The van der Waals surface area contributed by atoms with Gasteiger partial charge in [0.1, 0.15) is 17.2 Å². The molecule has 0 aliphatic heterocycles. The van der Waals surface area contributed by atoms with Crippen LogP contribution >= 0.6 is 11.6 Å². The summed E-state index contributed by atoms with van der Waals surface area (Å²) >= 11 is 5.84. The molecule has 0 amide bonds. The minimum absolute atomic E-state index is 0.00571. The highest BCUT2D eigenvalue weighted by Crippen LogP contribution is 2.32. The van der Waals surface area contributed by atoms with Crippen LogP contribution in [0.1, 0.15) is 18.1 Å². The number of benzene rings is 2. The fourth-order valence-electron chi connectivity index (χ4n) is 1.83. The van der Waals surface area contributed by atoms with Crippen molar-refractivity contribution in [1.82, 2.24) is 0 Å². The zero-order chi connectivity index (χ0) is 13.3. The third kappa shape index (κ3) is 2.37. The molecular formula is C14H11ClF2O. The Hall–Kier alpha value is -1.45. The average molecular weight is 269 g/mol. The molecule has 1 atom stereocenters. The van der Waals surface area contributed by atoms with E-state index in [0.717, 1.165) is 12.1 Å². The first kappa shape index (κ1) is 13.0. The van der Waals surface area contributed by atoms with E-state index in [2.05, 4.69) is 0 Å². The molecule has 1 N–H and O–H groups in total. The molecule has 2 aromatic rings. The molecule has 0 heterocycles. The standard InChI is InChI=1S/C14H11ClF2O/c1-14(18,9-3-2-4-10(15)7-9)12-6-5-11(16)8-13(12)17/h2-8,18H,1H3. The molecule has 0 saturated carbocycles. The summed E-state index contributed by atoms with van der Waals surface area (Å²) < 4.78 is 26.6. The number of aliphatic hydroxyl groups is 1. The molecular weight excluding hydrogens is 258 g/mol. The Morgan fingerprint density at radius 3 is 2.44 bits per heavy atom. The molecule has 4 heteroatoms. The van der Waals surface area contributed by atoms with Crippen molar-refractivity contribution in [3.8, 4) is 0 Å². The van der Waals surface area contributed by atoms with E-state index in [9.17, 15) is 13.9 Å². The number of rotatable bonds is 2. The molecule has 0 aliphatic carbocycles.